The van der Waals surface area contributed by atoms with Crippen molar-refractivity contribution in [1.29, 1.82) is 0 Å². The zero-order valence-corrected chi connectivity index (χ0v) is 10.5. The molecule has 2 nitrogen and oxygen atoms in total. The van der Waals surface area contributed by atoms with Crippen molar-refractivity contribution in [2.24, 2.45) is 0 Å². The van der Waals surface area contributed by atoms with Crippen molar-refractivity contribution in [3.05, 3.63) is 22.6 Å². The Morgan fingerprint density at radius 1 is 1.60 bits per heavy atom. The van der Waals surface area contributed by atoms with Crippen molar-refractivity contribution in [3.8, 4) is 12.3 Å². The molecule has 3 heteroatoms. The van der Waals surface area contributed by atoms with E-state index >= 15 is 0 Å². The van der Waals surface area contributed by atoms with E-state index in [0.717, 1.165) is 36.2 Å². The highest BCUT2D eigenvalue weighted by Gasteiger charge is 2.13. The SMILES string of the molecule is C#CCCC(NCCC)c1ccc(Br)o1. The van der Waals surface area contributed by atoms with E-state index in [-0.39, 0.29) is 6.04 Å². The van der Waals surface area contributed by atoms with Crippen LogP contribution in [0.5, 0.6) is 0 Å². The van der Waals surface area contributed by atoms with Crippen LogP contribution in [-0.2, 0) is 0 Å². The summed E-state index contributed by atoms with van der Waals surface area (Å²) in [4.78, 5) is 0. The van der Waals surface area contributed by atoms with Gasteiger partial charge in [0, 0.05) is 6.42 Å². The molecule has 1 rings (SSSR count). The molecule has 1 atom stereocenters. The molecule has 0 saturated carbocycles. The van der Waals surface area contributed by atoms with Gasteiger partial charge in [-0.3, -0.25) is 0 Å². The Hall–Kier alpha value is -0.720. The maximum Gasteiger partial charge on any atom is 0.169 e. The summed E-state index contributed by atoms with van der Waals surface area (Å²) < 4.78 is 6.29. The van der Waals surface area contributed by atoms with Crippen LogP contribution in [0.15, 0.2) is 21.2 Å². The van der Waals surface area contributed by atoms with Gasteiger partial charge in [-0.05, 0) is 47.4 Å². The summed E-state index contributed by atoms with van der Waals surface area (Å²) in [6.45, 7) is 3.12. The molecule has 1 aromatic heterocycles. The van der Waals surface area contributed by atoms with E-state index in [9.17, 15) is 0 Å². The van der Waals surface area contributed by atoms with Crippen LogP contribution in [0.4, 0.5) is 0 Å². The summed E-state index contributed by atoms with van der Waals surface area (Å²) in [5, 5.41) is 3.42. The second-order valence-electron chi connectivity index (χ2n) is 3.39. The van der Waals surface area contributed by atoms with Gasteiger partial charge >= 0.3 is 0 Å². The maximum atomic E-state index is 5.53. The van der Waals surface area contributed by atoms with Crippen LogP contribution in [0.1, 0.15) is 38.0 Å². The Kier molecular flexibility index (Phi) is 5.52. The van der Waals surface area contributed by atoms with E-state index in [2.05, 4.69) is 34.1 Å². The van der Waals surface area contributed by atoms with Gasteiger partial charge in [0.2, 0.25) is 0 Å². The molecule has 0 radical (unpaired) electrons. The van der Waals surface area contributed by atoms with E-state index in [1.54, 1.807) is 0 Å². The van der Waals surface area contributed by atoms with Gasteiger partial charge in [-0.2, -0.15) is 0 Å². The Morgan fingerprint density at radius 2 is 2.40 bits per heavy atom. The molecule has 0 aliphatic carbocycles. The Balaban J connectivity index is 2.59. The first-order valence-electron chi connectivity index (χ1n) is 5.20. The van der Waals surface area contributed by atoms with Crippen LogP contribution in [0, 0.1) is 12.3 Å². The van der Waals surface area contributed by atoms with E-state index < -0.39 is 0 Å². The molecule has 1 unspecified atom stereocenters. The molecule has 0 saturated heterocycles. The van der Waals surface area contributed by atoms with Crippen molar-refractivity contribution in [3.63, 3.8) is 0 Å². The molecule has 0 aliphatic rings. The van der Waals surface area contributed by atoms with Crippen LogP contribution in [-0.4, -0.2) is 6.54 Å². The standard InChI is InChI=1S/C12H16BrNO/c1-3-5-6-10(14-9-4-2)11-7-8-12(13)15-11/h1,7-8,10,14H,4-6,9H2,2H3. The van der Waals surface area contributed by atoms with Crippen molar-refractivity contribution in [1.82, 2.24) is 5.32 Å². The van der Waals surface area contributed by atoms with E-state index in [4.69, 9.17) is 10.8 Å². The quantitative estimate of drug-likeness (QED) is 0.800. The molecular formula is C12H16BrNO. The van der Waals surface area contributed by atoms with Crippen LogP contribution >= 0.6 is 15.9 Å². The molecule has 0 aromatic carbocycles. The first-order valence-corrected chi connectivity index (χ1v) is 5.99. The van der Waals surface area contributed by atoms with E-state index in [0.29, 0.717) is 0 Å². The minimum Gasteiger partial charge on any atom is -0.453 e. The molecule has 1 heterocycles. The van der Waals surface area contributed by atoms with Crippen molar-refractivity contribution >= 4 is 15.9 Å². The van der Waals surface area contributed by atoms with E-state index in [1.807, 2.05) is 12.1 Å². The minimum absolute atomic E-state index is 0.229. The lowest BCUT2D eigenvalue weighted by Gasteiger charge is -2.14. The van der Waals surface area contributed by atoms with Crippen LogP contribution in [0.3, 0.4) is 0 Å². The Labute approximate surface area is 99.6 Å². The van der Waals surface area contributed by atoms with Gasteiger partial charge in [0.25, 0.3) is 0 Å². The zero-order valence-electron chi connectivity index (χ0n) is 8.92. The summed E-state index contributed by atoms with van der Waals surface area (Å²) in [5.41, 5.74) is 0. The molecule has 1 N–H and O–H groups in total. The Morgan fingerprint density at radius 3 is 2.93 bits per heavy atom. The number of halogens is 1. The normalized spacial score (nSPS) is 12.3. The van der Waals surface area contributed by atoms with Crippen LogP contribution in [0.25, 0.3) is 0 Å². The number of rotatable bonds is 6. The van der Waals surface area contributed by atoms with Gasteiger partial charge in [0.1, 0.15) is 5.76 Å². The molecule has 1 aromatic rings. The fraction of sp³-hybridized carbons (Fsp3) is 0.500. The molecule has 0 bridgehead atoms. The molecular weight excluding hydrogens is 254 g/mol. The second kappa shape index (κ2) is 6.71. The molecule has 0 amide bonds. The third-order valence-electron chi connectivity index (χ3n) is 2.16. The second-order valence-corrected chi connectivity index (χ2v) is 4.17. The highest BCUT2D eigenvalue weighted by Crippen LogP contribution is 2.23. The van der Waals surface area contributed by atoms with Gasteiger partial charge in [-0.25, -0.2) is 0 Å². The lowest BCUT2D eigenvalue weighted by molar-refractivity contribution is 0.389. The van der Waals surface area contributed by atoms with Gasteiger partial charge in [-0.1, -0.05) is 6.92 Å². The maximum absolute atomic E-state index is 5.53. The smallest absolute Gasteiger partial charge is 0.169 e. The number of terminal acetylenes is 1. The average Bonchev–Trinajstić information content (AvgIpc) is 2.65. The van der Waals surface area contributed by atoms with Crippen LogP contribution in [0.2, 0.25) is 0 Å². The average molecular weight is 270 g/mol. The minimum atomic E-state index is 0.229. The van der Waals surface area contributed by atoms with Crippen LogP contribution < -0.4 is 5.32 Å². The first kappa shape index (κ1) is 12.4. The third kappa shape index (κ3) is 4.11. The molecule has 0 spiro atoms. The van der Waals surface area contributed by atoms with Crippen molar-refractivity contribution in [2.75, 3.05) is 6.54 Å². The van der Waals surface area contributed by atoms with Crippen molar-refractivity contribution in [2.45, 2.75) is 32.2 Å². The van der Waals surface area contributed by atoms with Gasteiger partial charge in [0.05, 0.1) is 6.04 Å². The Bertz CT molecular complexity index is 327. The summed E-state index contributed by atoms with van der Waals surface area (Å²) in [6.07, 6.45) is 8.05. The van der Waals surface area contributed by atoms with Gasteiger partial charge in [0.15, 0.2) is 4.67 Å². The topological polar surface area (TPSA) is 25.2 Å². The first-order chi connectivity index (χ1) is 7.27. The summed E-state index contributed by atoms with van der Waals surface area (Å²) >= 11 is 3.30. The fourth-order valence-corrected chi connectivity index (χ4v) is 1.73. The molecule has 0 aliphatic heterocycles. The highest BCUT2D eigenvalue weighted by atomic mass is 79.9. The van der Waals surface area contributed by atoms with Gasteiger partial charge < -0.3 is 9.73 Å². The lowest BCUT2D eigenvalue weighted by Crippen LogP contribution is -2.21. The van der Waals surface area contributed by atoms with E-state index in [1.165, 1.54) is 0 Å². The zero-order chi connectivity index (χ0) is 11.1. The third-order valence-corrected chi connectivity index (χ3v) is 2.58. The predicted octanol–water partition coefficient (Wildman–Crippen LogP) is 3.50. The summed E-state index contributed by atoms with van der Waals surface area (Å²) in [5.74, 6) is 3.61. The molecule has 0 fully saturated rings. The highest BCUT2D eigenvalue weighted by molar-refractivity contribution is 9.10. The summed E-state index contributed by atoms with van der Waals surface area (Å²) in [7, 11) is 0. The number of hydrogen-bond acceptors (Lipinski definition) is 2. The number of nitrogens with one attached hydrogen (secondary N) is 1. The number of furan rings is 1. The van der Waals surface area contributed by atoms with Gasteiger partial charge in [-0.15, -0.1) is 12.3 Å². The fourth-order valence-electron chi connectivity index (χ4n) is 1.41. The predicted molar refractivity (Wildman–Crippen MR) is 65.5 cm³/mol. The van der Waals surface area contributed by atoms with Crippen molar-refractivity contribution < 1.29 is 4.42 Å². The lowest BCUT2D eigenvalue weighted by atomic mass is 10.1. The summed E-state index contributed by atoms with van der Waals surface area (Å²) in [6, 6.07) is 4.12. The number of hydrogen-bond donors (Lipinski definition) is 1. The monoisotopic (exact) mass is 269 g/mol. The molecule has 82 valence electrons. The molecule has 15 heavy (non-hydrogen) atoms. The largest absolute Gasteiger partial charge is 0.453 e.